The van der Waals surface area contributed by atoms with Crippen LogP contribution in [0, 0.1) is 12.3 Å². The number of nitrogens with zero attached hydrogens (tertiary/aromatic N) is 3. The van der Waals surface area contributed by atoms with E-state index in [1.165, 1.54) is 28.0 Å². The summed E-state index contributed by atoms with van der Waals surface area (Å²) < 4.78 is 6.17. The number of benzene rings is 5. The first kappa shape index (κ1) is 41.1. The van der Waals surface area contributed by atoms with Gasteiger partial charge in [0.1, 0.15) is 28.3 Å². The number of hydrogen-bond acceptors (Lipinski definition) is 10. The van der Waals surface area contributed by atoms with Crippen LogP contribution in [-0.2, 0) is 29.5 Å². The number of thiazole rings is 1. The molecule has 0 spiro atoms. The topological polar surface area (TPSA) is 122 Å². The van der Waals surface area contributed by atoms with Crippen LogP contribution < -0.4 is 10.6 Å². The highest BCUT2D eigenvalue weighted by Crippen LogP contribution is 2.43. The molecule has 2 aliphatic rings. The van der Waals surface area contributed by atoms with E-state index in [1.54, 1.807) is 5.38 Å². The summed E-state index contributed by atoms with van der Waals surface area (Å²) in [6.07, 6.45) is 4.72. The number of thioether (sulfide) groups is 1. The van der Waals surface area contributed by atoms with Gasteiger partial charge in [-0.25, -0.2) is 9.78 Å². The van der Waals surface area contributed by atoms with Gasteiger partial charge < -0.3 is 20.2 Å². The van der Waals surface area contributed by atoms with Crippen molar-refractivity contribution >= 4 is 63.3 Å². The number of nitrogens with one attached hydrogen (secondary N) is 2. The van der Waals surface area contributed by atoms with E-state index < -0.39 is 40.8 Å². The van der Waals surface area contributed by atoms with Crippen molar-refractivity contribution in [3.63, 3.8) is 0 Å². The molecule has 2 N–H and O–H groups in total. The van der Waals surface area contributed by atoms with E-state index in [0.717, 1.165) is 27.8 Å². The van der Waals surface area contributed by atoms with Gasteiger partial charge in [-0.05, 0) is 33.4 Å². The molecule has 61 heavy (non-hydrogen) atoms. The third-order valence-electron chi connectivity index (χ3n) is 10.3. The number of halogens is 1. The van der Waals surface area contributed by atoms with Gasteiger partial charge in [0.15, 0.2) is 23.6 Å². The number of β-lactam (4-membered cyclic amide) rings is 1. The predicted molar refractivity (Wildman–Crippen MR) is 240 cm³/mol. The van der Waals surface area contributed by atoms with Gasteiger partial charge in [0.25, 0.3) is 11.8 Å². The summed E-state index contributed by atoms with van der Waals surface area (Å²) in [7, 11) is 0. The molecule has 6 aromatic rings. The Balaban J connectivity index is 1.05. The number of carbonyl (C=O) groups excluding carboxylic acids is 3. The van der Waals surface area contributed by atoms with Gasteiger partial charge in [0.05, 0.1) is 0 Å². The molecular weight excluding hydrogens is 826 g/mol. The lowest BCUT2D eigenvalue weighted by molar-refractivity contribution is -0.154. The van der Waals surface area contributed by atoms with Gasteiger partial charge in [-0.3, -0.25) is 14.5 Å². The minimum Gasteiger partial charge on any atom is -0.448 e. The van der Waals surface area contributed by atoms with E-state index in [4.69, 9.17) is 32.6 Å². The molecule has 1 saturated heterocycles. The SMILES string of the molecule is C#CCO/N=C(/C(=O)N[C@@H]1C(=O)N2C(C(=O)OC(c3ccccc3)c3ccccc3)=C(CCl)CS[C@H]12)c1csc(NC(c2ccccc2)(c2ccccc2)c2ccccc2)n1. The number of alkyl halides is 1. The fraction of sp³-hybridized carbons (Fsp3) is 0.146. The summed E-state index contributed by atoms with van der Waals surface area (Å²) in [4.78, 5) is 53.9. The lowest BCUT2D eigenvalue weighted by atomic mass is 9.77. The molecule has 2 atom stereocenters. The summed E-state index contributed by atoms with van der Waals surface area (Å²) in [6.45, 7) is -0.204. The summed E-state index contributed by atoms with van der Waals surface area (Å²) >= 11 is 9.04. The zero-order valence-electron chi connectivity index (χ0n) is 32.5. The van der Waals surface area contributed by atoms with Crippen LogP contribution in [0.3, 0.4) is 0 Å². The number of amides is 2. The molecular formula is C48H38ClN5O5S2. The molecule has 304 valence electrons. The number of fused-ring (bicyclic) bond motifs is 1. The number of carbonyl (C=O) groups is 3. The Labute approximate surface area is 366 Å². The Morgan fingerprint density at radius 1 is 0.852 bits per heavy atom. The van der Waals surface area contributed by atoms with E-state index >= 15 is 0 Å². The Hall–Kier alpha value is -6.65. The van der Waals surface area contributed by atoms with Crippen molar-refractivity contribution in [2.75, 3.05) is 23.6 Å². The fourth-order valence-electron chi connectivity index (χ4n) is 7.45. The highest BCUT2D eigenvalue weighted by atomic mass is 35.5. The molecule has 0 saturated carbocycles. The smallest absolute Gasteiger partial charge is 0.356 e. The number of ether oxygens (including phenoxy) is 1. The molecule has 2 amide bonds. The van der Waals surface area contributed by atoms with E-state index in [2.05, 4.69) is 58.1 Å². The molecule has 8 rings (SSSR count). The standard InChI is InChI=1S/C48H38ClN5O5S2/c1-2-28-58-53-39(38-31-61-47(50-38)52-48(35-22-12-5-13-23-35,36-24-14-6-15-25-36)37-26-16-7-17-27-37)43(55)51-40-44(56)54-41(34(29-49)30-60-45(40)54)46(57)59-42(32-18-8-3-9-19-32)33-20-10-4-11-21-33/h1,3-27,31,40,42,45H,28-30H2,(H,50,52)(H,51,55)/b53-39+/t40-,45-/m1/s1. The van der Waals surface area contributed by atoms with Gasteiger partial charge >= 0.3 is 5.97 Å². The van der Waals surface area contributed by atoms with Crippen LogP contribution in [0.4, 0.5) is 5.13 Å². The number of aromatic nitrogens is 1. The van der Waals surface area contributed by atoms with Crippen LogP contribution in [0.15, 0.2) is 173 Å². The van der Waals surface area contributed by atoms with Crippen molar-refractivity contribution in [1.29, 1.82) is 0 Å². The third kappa shape index (κ3) is 8.41. The molecule has 0 radical (unpaired) electrons. The van der Waals surface area contributed by atoms with Crippen molar-refractivity contribution in [3.05, 3.63) is 202 Å². The third-order valence-corrected chi connectivity index (χ3v) is 12.7. The van der Waals surface area contributed by atoms with Crippen molar-refractivity contribution in [1.82, 2.24) is 15.2 Å². The maximum Gasteiger partial charge on any atom is 0.356 e. The van der Waals surface area contributed by atoms with Crippen LogP contribution in [0.5, 0.6) is 0 Å². The molecule has 0 aliphatic carbocycles. The van der Waals surface area contributed by atoms with Crippen LogP contribution in [-0.4, -0.2) is 63.0 Å². The minimum absolute atomic E-state index is 0.00984. The van der Waals surface area contributed by atoms with Gasteiger partial charge in [0.2, 0.25) is 0 Å². The summed E-state index contributed by atoms with van der Waals surface area (Å²) in [5.74, 6) is 0.804. The molecule has 1 fully saturated rings. The normalized spacial score (nSPS) is 16.2. The van der Waals surface area contributed by atoms with E-state index in [9.17, 15) is 14.4 Å². The maximum atomic E-state index is 14.2. The molecule has 0 bridgehead atoms. The molecule has 3 heterocycles. The molecule has 2 aliphatic heterocycles. The number of esters is 1. The van der Waals surface area contributed by atoms with Crippen LogP contribution in [0.1, 0.15) is 39.6 Å². The molecule has 13 heteroatoms. The fourth-order valence-corrected chi connectivity index (χ4v) is 9.88. The van der Waals surface area contributed by atoms with Crippen LogP contribution in [0.2, 0.25) is 0 Å². The quantitative estimate of drug-likeness (QED) is 0.0155. The second-order valence-electron chi connectivity index (χ2n) is 14.0. The first-order chi connectivity index (χ1) is 29.9. The summed E-state index contributed by atoms with van der Waals surface area (Å²) in [5.41, 5.74) is 4.21. The Morgan fingerprint density at radius 2 is 1.38 bits per heavy atom. The Bertz CT molecular complexity index is 2470. The lowest BCUT2D eigenvalue weighted by Crippen LogP contribution is -2.71. The van der Waals surface area contributed by atoms with Gasteiger partial charge in [0, 0.05) is 17.0 Å². The highest BCUT2D eigenvalue weighted by molar-refractivity contribution is 8.00. The second kappa shape index (κ2) is 18.7. The lowest BCUT2D eigenvalue weighted by Gasteiger charge is -2.49. The molecule has 0 unspecified atom stereocenters. The zero-order chi connectivity index (χ0) is 42.2. The molecule has 10 nitrogen and oxygen atoms in total. The maximum absolute atomic E-state index is 14.2. The van der Waals surface area contributed by atoms with Gasteiger partial charge in [-0.1, -0.05) is 163 Å². The monoisotopic (exact) mass is 863 g/mol. The van der Waals surface area contributed by atoms with Gasteiger partial charge in [-0.2, -0.15) is 0 Å². The predicted octanol–water partition coefficient (Wildman–Crippen LogP) is 8.13. The first-order valence-corrected chi connectivity index (χ1v) is 21.8. The molecule has 5 aromatic carbocycles. The highest BCUT2D eigenvalue weighted by Gasteiger charge is 2.55. The number of terminal acetylenes is 1. The van der Waals surface area contributed by atoms with Crippen molar-refractivity contribution in [2.45, 2.75) is 23.1 Å². The zero-order valence-corrected chi connectivity index (χ0v) is 34.9. The largest absolute Gasteiger partial charge is 0.448 e. The van der Waals surface area contributed by atoms with Crippen molar-refractivity contribution in [3.8, 4) is 12.3 Å². The Morgan fingerprint density at radius 3 is 1.89 bits per heavy atom. The summed E-state index contributed by atoms with van der Waals surface area (Å²) in [5, 5.41) is 12.2. The van der Waals surface area contributed by atoms with Gasteiger partial charge in [-0.15, -0.1) is 41.1 Å². The molecule has 1 aromatic heterocycles. The second-order valence-corrected chi connectivity index (χ2v) is 16.2. The first-order valence-electron chi connectivity index (χ1n) is 19.3. The number of rotatable bonds is 15. The number of oxime groups is 1. The van der Waals surface area contributed by atoms with E-state index in [1.807, 2.05) is 115 Å². The minimum atomic E-state index is -1.01. The van der Waals surface area contributed by atoms with Crippen molar-refractivity contribution < 1.29 is 24.0 Å². The van der Waals surface area contributed by atoms with E-state index in [0.29, 0.717) is 16.5 Å². The average molecular weight is 864 g/mol. The number of hydrogen-bond donors (Lipinski definition) is 2. The summed E-state index contributed by atoms with van der Waals surface area (Å²) in [6, 6.07) is 47.9. The Kier molecular flexibility index (Phi) is 12.6. The van der Waals surface area contributed by atoms with Crippen LogP contribution in [0.25, 0.3) is 0 Å². The van der Waals surface area contributed by atoms with Crippen molar-refractivity contribution in [2.24, 2.45) is 5.16 Å². The number of anilines is 1. The van der Waals surface area contributed by atoms with Crippen LogP contribution >= 0.6 is 34.7 Å². The van der Waals surface area contributed by atoms with E-state index in [-0.39, 0.29) is 29.6 Å². The average Bonchev–Trinajstić information content (AvgIpc) is 3.79.